The molecule has 1 aromatic heterocycles. The predicted molar refractivity (Wildman–Crippen MR) is 136 cm³/mol. The SMILES string of the molecule is CCOc1ccc(N2C(=O)NC(=O)/C(=C\c3cc(C)n(-c4c(C)cccc4CC)c3C)C2=O)cc1. The highest BCUT2D eigenvalue weighted by Gasteiger charge is 2.37. The number of hydrogen-bond donors (Lipinski definition) is 1. The summed E-state index contributed by atoms with van der Waals surface area (Å²) in [6.45, 7) is 10.5. The number of benzene rings is 2. The molecule has 0 saturated carbocycles. The Balaban J connectivity index is 1.75. The number of nitrogens with one attached hydrogen (secondary N) is 1. The molecule has 3 aromatic rings. The van der Waals surface area contributed by atoms with Crippen LogP contribution in [0.3, 0.4) is 0 Å². The molecule has 0 aliphatic carbocycles. The number of anilines is 1. The normalized spacial score (nSPS) is 15.1. The van der Waals surface area contributed by atoms with Gasteiger partial charge in [0.1, 0.15) is 11.3 Å². The first kappa shape index (κ1) is 24.0. The first-order valence-electron chi connectivity index (χ1n) is 11.7. The Morgan fingerprint density at radius 3 is 2.34 bits per heavy atom. The molecule has 180 valence electrons. The summed E-state index contributed by atoms with van der Waals surface area (Å²) < 4.78 is 7.59. The van der Waals surface area contributed by atoms with Crippen LogP contribution in [0.4, 0.5) is 10.5 Å². The number of para-hydroxylation sites is 1. The van der Waals surface area contributed by atoms with Crippen LogP contribution < -0.4 is 15.0 Å². The van der Waals surface area contributed by atoms with Gasteiger partial charge in [-0.15, -0.1) is 0 Å². The van der Waals surface area contributed by atoms with Gasteiger partial charge in [0.25, 0.3) is 11.8 Å². The van der Waals surface area contributed by atoms with E-state index in [1.165, 1.54) is 5.56 Å². The summed E-state index contributed by atoms with van der Waals surface area (Å²) in [6, 6.07) is 14.0. The molecule has 1 saturated heterocycles. The van der Waals surface area contributed by atoms with Gasteiger partial charge in [-0.05, 0) is 87.2 Å². The number of ether oxygens (including phenoxy) is 1. The molecule has 2 heterocycles. The summed E-state index contributed by atoms with van der Waals surface area (Å²) in [6.07, 6.45) is 2.44. The molecule has 1 fully saturated rings. The largest absolute Gasteiger partial charge is 0.494 e. The number of carbonyl (C=O) groups is 3. The molecule has 4 rings (SSSR count). The minimum atomic E-state index is -0.778. The summed E-state index contributed by atoms with van der Waals surface area (Å²) in [4.78, 5) is 39.5. The average Bonchev–Trinajstić information content (AvgIpc) is 3.10. The number of nitrogens with zero attached hydrogens (tertiary/aromatic N) is 2. The molecule has 0 spiro atoms. The van der Waals surface area contributed by atoms with E-state index < -0.39 is 17.8 Å². The number of aromatic nitrogens is 1. The topological polar surface area (TPSA) is 80.6 Å². The fourth-order valence-corrected chi connectivity index (χ4v) is 4.51. The fourth-order valence-electron chi connectivity index (χ4n) is 4.51. The first-order valence-corrected chi connectivity index (χ1v) is 11.7. The molecule has 0 atom stereocenters. The van der Waals surface area contributed by atoms with Gasteiger partial charge < -0.3 is 9.30 Å². The maximum absolute atomic E-state index is 13.3. The lowest BCUT2D eigenvalue weighted by Crippen LogP contribution is -2.54. The lowest BCUT2D eigenvalue weighted by Gasteiger charge is -2.26. The molecule has 35 heavy (non-hydrogen) atoms. The number of carbonyl (C=O) groups excluding carboxylic acids is 3. The number of urea groups is 1. The van der Waals surface area contributed by atoms with E-state index in [-0.39, 0.29) is 5.57 Å². The van der Waals surface area contributed by atoms with Crippen molar-refractivity contribution in [1.82, 2.24) is 9.88 Å². The van der Waals surface area contributed by atoms with Gasteiger partial charge in [0, 0.05) is 11.4 Å². The van der Waals surface area contributed by atoms with Crippen LogP contribution in [0.25, 0.3) is 11.8 Å². The van der Waals surface area contributed by atoms with Crippen LogP contribution in [0.5, 0.6) is 5.75 Å². The van der Waals surface area contributed by atoms with E-state index in [4.69, 9.17) is 4.74 Å². The highest BCUT2D eigenvalue weighted by molar-refractivity contribution is 6.39. The molecular formula is C28H29N3O4. The Kier molecular flexibility index (Phi) is 6.60. The molecular weight excluding hydrogens is 442 g/mol. The fraction of sp³-hybridized carbons (Fsp3) is 0.250. The predicted octanol–water partition coefficient (Wildman–Crippen LogP) is 5.03. The number of amides is 4. The second kappa shape index (κ2) is 9.62. The molecule has 1 aliphatic heterocycles. The van der Waals surface area contributed by atoms with Gasteiger partial charge in [0.15, 0.2) is 0 Å². The van der Waals surface area contributed by atoms with E-state index in [1.807, 2.05) is 32.9 Å². The van der Waals surface area contributed by atoms with E-state index in [0.717, 1.165) is 39.5 Å². The van der Waals surface area contributed by atoms with Crippen molar-refractivity contribution in [1.29, 1.82) is 0 Å². The Morgan fingerprint density at radius 1 is 0.971 bits per heavy atom. The van der Waals surface area contributed by atoms with E-state index in [2.05, 4.69) is 35.9 Å². The number of hydrogen-bond acceptors (Lipinski definition) is 4. The van der Waals surface area contributed by atoms with Crippen molar-refractivity contribution < 1.29 is 19.1 Å². The first-order chi connectivity index (χ1) is 16.8. The van der Waals surface area contributed by atoms with Gasteiger partial charge in [-0.2, -0.15) is 0 Å². The van der Waals surface area contributed by atoms with Crippen LogP contribution in [0, 0.1) is 20.8 Å². The number of aryl methyl sites for hydroxylation is 3. The van der Waals surface area contributed by atoms with Crippen molar-refractivity contribution in [3.63, 3.8) is 0 Å². The van der Waals surface area contributed by atoms with Crippen molar-refractivity contribution in [2.75, 3.05) is 11.5 Å². The summed E-state index contributed by atoms with van der Waals surface area (Å²) >= 11 is 0. The third kappa shape index (κ3) is 4.37. The lowest BCUT2D eigenvalue weighted by atomic mass is 10.0. The Bertz CT molecular complexity index is 1350. The Labute approximate surface area is 205 Å². The Morgan fingerprint density at radius 2 is 1.69 bits per heavy atom. The van der Waals surface area contributed by atoms with E-state index in [0.29, 0.717) is 18.0 Å². The molecule has 7 heteroatoms. The summed E-state index contributed by atoms with van der Waals surface area (Å²) in [5.74, 6) is -0.752. The maximum atomic E-state index is 13.3. The minimum Gasteiger partial charge on any atom is -0.494 e. The van der Waals surface area contributed by atoms with Crippen LogP contribution >= 0.6 is 0 Å². The number of barbiturate groups is 1. The highest BCUT2D eigenvalue weighted by atomic mass is 16.5. The monoisotopic (exact) mass is 471 g/mol. The van der Waals surface area contributed by atoms with Gasteiger partial charge in [-0.3, -0.25) is 14.9 Å². The van der Waals surface area contributed by atoms with Gasteiger partial charge >= 0.3 is 6.03 Å². The minimum absolute atomic E-state index is 0.0979. The third-order valence-corrected chi connectivity index (χ3v) is 6.20. The summed E-state index contributed by atoms with van der Waals surface area (Å²) in [5, 5.41) is 2.29. The van der Waals surface area contributed by atoms with Crippen LogP contribution in [0.1, 0.15) is 41.9 Å². The molecule has 0 radical (unpaired) electrons. The van der Waals surface area contributed by atoms with Gasteiger partial charge in [0.05, 0.1) is 18.0 Å². The van der Waals surface area contributed by atoms with Gasteiger partial charge in [-0.25, -0.2) is 9.69 Å². The van der Waals surface area contributed by atoms with Crippen LogP contribution in [-0.2, 0) is 16.0 Å². The smallest absolute Gasteiger partial charge is 0.335 e. The zero-order valence-electron chi connectivity index (χ0n) is 20.6. The molecule has 7 nitrogen and oxygen atoms in total. The van der Waals surface area contributed by atoms with Gasteiger partial charge in [0.2, 0.25) is 0 Å². The molecule has 1 aliphatic rings. The third-order valence-electron chi connectivity index (χ3n) is 6.20. The van der Waals surface area contributed by atoms with Crippen LogP contribution in [0.15, 0.2) is 54.1 Å². The summed E-state index contributed by atoms with van der Waals surface area (Å²) in [7, 11) is 0. The quantitative estimate of drug-likeness (QED) is 0.404. The zero-order chi connectivity index (χ0) is 25.3. The Hall–Kier alpha value is -4.13. The van der Waals surface area contributed by atoms with Crippen molar-refractivity contribution in [3.8, 4) is 11.4 Å². The zero-order valence-corrected chi connectivity index (χ0v) is 20.6. The van der Waals surface area contributed by atoms with E-state index in [9.17, 15) is 14.4 Å². The molecule has 0 unspecified atom stereocenters. The number of imide groups is 2. The molecule has 0 bridgehead atoms. The van der Waals surface area contributed by atoms with E-state index in [1.54, 1.807) is 30.3 Å². The van der Waals surface area contributed by atoms with Crippen LogP contribution in [-0.4, -0.2) is 29.0 Å². The summed E-state index contributed by atoms with van der Waals surface area (Å²) in [5.41, 5.74) is 6.36. The second-order valence-corrected chi connectivity index (χ2v) is 8.48. The van der Waals surface area contributed by atoms with Crippen molar-refractivity contribution in [3.05, 3.63) is 82.2 Å². The highest BCUT2D eigenvalue weighted by Crippen LogP contribution is 2.29. The molecule has 2 aromatic carbocycles. The van der Waals surface area contributed by atoms with Gasteiger partial charge in [-0.1, -0.05) is 25.1 Å². The molecule has 1 N–H and O–H groups in total. The number of rotatable bonds is 6. The standard InChI is InChI=1S/C28H29N3O4/c1-6-20-10-8-9-17(3)25(20)30-18(4)15-21(19(30)5)16-24-26(32)29-28(34)31(27(24)33)22-11-13-23(14-12-22)35-7-2/h8-16H,6-7H2,1-5H3,(H,29,32,34)/b24-16+. The van der Waals surface area contributed by atoms with Crippen molar-refractivity contribution >= 4 is 29.6 Å². The average molecular weight is 472 g/mol. The van der Waals surface area contributed by atoms with Crippen LogP contribution in [0.2, 0.25) is 0 Å². The van der Waals surface area contributed by atoms with Crippen molar-refractivity contribution in [2.24, 2.45) is 0 Å². The second-order valence-electron chi connectivity index (χ2n) is 8.48. The van der Waals surface area contributed by atoms with Crippen molar-refractivity contribution in [2.45, 2.75) is 41.0 Å². The maximum Gasteiger partial charge on any atom is 0.335 e. The van der Waals surface area contributed by atoms with E-state index >= 15 is 0 Å². The molecule has 4 amide bonds. The lowest BCUT2D eigenvalue weighted by molar-refractivity contribution is -0.122.